The van der Waals surface area contributed by atoms with E-state index in [1.165, 1.54) is 0 Å². The van der Waals surface area contributed by atoms with E-state index in [2.05, 4.69) is 13.8 Å². The normalized spacial score (nSPS) is 21.7. The second-order valence-corrected chi connectivity index (χ2v) is 5.26. The topological polar surface area (TPSA) is 55.6 Å². The van der Waals surface area contributed by atoms with Gasteiger partial charge in [-0.25, -0.2) is 0 Å². The van der Waals surface area contributed by atoms with Gasteiger partial charge in [0.15, 0.2) is 0 Å². The highest BCUT2D eigenvalue weighted by molar-refractivity contribution is 7.80. The van der Waals surface area contributed by atoms with Gasteiger partial charge in [-0.15, -0.1) is 0 Å². The fourth-order valence-corrected chi connectivity index (χ4v) is 2.38. The van der Waals surface area contributed by atoms with Gasteiger partial charge < -0.3 is 15.4 Å². The van der Waals surface area contributed by atoms with Gasteiger partial charge in [-0.05, 0) is 12.8 Å². The SMILES string of the molecule is CCCCC(CC)C(=O)N1CCOC(C(N)=S)C1. The lowest BCUT2D eigenvalue weighted by Crippen LogP contribution is -2.51. The molecule has 0 radical (unpaired) electrons. The van der Waals surface area contributed by atoms with Crippen molar-refractivity contribution in [3.63, 3.8) is 0 Å². The van der Waals surface area contributed by atoms with Crippen LogP contribution < -0.4 is 5.73 Å². The van der Waals surface area contributed by atoms with E-state index < -0.39 is 0 Å². The van der Waals surface area contributed by atoms with Crippen LogP contribution >= 0.6 is 12.2 Å². The summed E-state index contributed by atoms with van der Waals surface area (Å²) in [6, 6.07) is 0. The number of unbranched alkanes of at least 4 members (excludes halogenated alkanes) is 1. The zero-order valence-corrected chi connectivity index (χ0v) is 12.2. The van der Waals surface area contributed by atoms with Crippen molar-refractivity contribution in [3.05, 3.63) is 0 Å². The molecule has 5 heteroatoms. The van der Waals surface area contributed by atoms with Crippen LogP contribution in [0.15, 0.2) is 0 Å². The number of carbonyl (C=O) groups is 1. The maximum absolute atomic E-state index is 12.4. The molecule has 0 aromatic rings. The quantitative estimate of drug-likeness (QED) is 0.748. The molecule has 18 heavy (non-hydrogen) atoms. The van der Waals surface area contributed by atoms with E-state index in [0.717, 1.165) is 25.7 Å². The number of nitrogens with zero attached hydrogens (tertiary/aromatic N) is 1. The third-order valence-corrected chi connectivity index (χ3v) is 3.71. The summed E-state index contributed by atoms with van der Waals surface area (Å²) in [4.78, 5) is 14.6. The van der Waals surface area contributed by atoms with Gasteiger partial charge in [0.1, 0.15) is 11.1 Å². The molecule has 1 aliphatic heterocycles. The van der Waals surface area contributed by atoms with Crippen LogP contribution in [0, 0.1) is 5.92 Å². The molecule has 104 valence electrons. The Labute approximate surface area is 115 Å². The molecule has 0 spiro atoms. The number of ether oxygens (including phenoxy) is 1. The van der Waals surface area contributed by atoms with Gasteiger partial charge in [-0.2, -0.15) is 0 Å². The van der Waals surface area contributed by atoms with E-state index in [0.29, 0.717) is 24.7 Å². The van der Waals surface area contributed by atoms with Crippen molar-refractivity contribution in [2.45, 2.75) is 45.6 Å². The minimum absolute atomic E-state index is 0.134. The third kappa shape index (κ3) is 4.21. The molecule has 1 saturated heterocycles. The lowest BCUT2D eigenvalue weighted by Gasteiger charge is -2.34. The number of morpholine rings is 1. The van der Waals surface area contributed by atoms with Crippen molar-refractivity contribution >= 4 is 23.1 Å². The van der Waals surface area contributed by atoms with Gasteiger partial charge in [0.25, 0.3) is 0 Å². The molecule has 0 saturated carbocycles. The fourth-order valence-electron chi connectivity index (χ4n) is 2.23. The second kappa shape index (κ2) is 7.69. The molecule has 1 fully saturated rings. The largest absolute Gasteiger partial charge is 0.391 e. The molecule has 1 heterocycles. The number of nitrogens with two attached hydrogens (primary N) is 1. The van der Waals surface area contributed by atoms with E-state index in [1.807, 2.05) is 4.90 Å². The van der Waals surface area contributed by atoms with E-state index >= 15 is 0 Å². The maximum Gasteiger partial charge on any atom is 0.225 e. The van der Waals surface area contributed by atoms with Crippen LogP contribution in [-0.4, -0.2) is 41.6 Å². The zero-order valence-electron chi connectivity index (χ0n) is 11.4. The van der Waals surface area contributed by atoms with Crippen molar-refractivity contribution in [2.24, 2.45) is 11.7 Å². The Hall–Kier alpha value is -0.680. The van der Waals surface area contributed by atoms with Gasteiger partial charge in [0.2, 0.25) is 5.91 Å². The van der Waals surface area contributed by atoms with Crippen LogP contribution in [-0.2, 0) is 9.53 Å². The summed E-state index contributed by atoms with van der Waals surface area (Å²) in [6.07, 6.45) is 3.83. The Bertz CT molecular complexity index is 297. The average Bonchev–Trinajstić information content (AvgIpc) is 2.39. The number of hydrogen-bond acceptors (Lipinski definition) is 3. The third-order valence-electron chi connectivity index (χ3n) is 3.44. The number of thiocarbonyl (C=S) groups is 1. The summed E-state index contributed by atoms with van der Waals surface area (Å²) in [6.45, 7) is 5.91. The molecule has 2 atom stereocenters. The highest BCUT2D eigenvalue weighted by Crippen LogP contribution is 2.18. The van der Waals surface area contributed by atoms with Crippen LogP contribution in [0.3, 0.4) is 0 Å². The molecular weight excluding hydrogens is 248 g/mol. The fraction of sp³-hybridized carbons (Fsp3) is 0.846. The van der Waals surface area contributed by atoms with E-state index in [9.17, 15) is 4.79 Å². The molecule has 0 aromatic carbocycles. The van der Waals surface area contributed by atoms with Crippen LogP contribution in [0.4, 0.5) is 0 Å². The van der Waals surface area contributed by atoms with Gasteiger partial charge in [0, 0.05) is 12.5 Å². The molecular formula is C13H24N2O2S. The van der Waals surface area contributed by atoms with Crippen molar-refractivity contribution < 1.29 is 9.53 Å². The first-order valence-electron chi connectivity index (χ1n) is 6.79. The molecule has 2 N–H and O–H groups in total. The summed E-state index contributed by atoms with van der Waals surface area (Å²) < 4.78 is 5.45. The van der Waals surface area contributed by atoms with Gasteiger partial charge in [0.05, 0.1) is 13.2 Å². The first kappa shape index (κ1) is 15.4. The number of hydrogen-bond donors (Lipinski definition) is 1. The van der Waals surface area contributed by atoms with Crippen molar-refractivity contribution in [3.8, 4) is 0 Å². The molecule has 1 aliphatic rings. The standard InChI is InChI=1S/C13H24N2O2S/c1-3-5-6-10(4-2)13(16)15-7-8-17-11(9-15)12(14)18/h10-11H,3-9H2,1-2H3,(H2,14,18). The molecule has 0 bridgehead atoms. The molecule has 1 amide bonds. The Morgan fingerprint density at radius 1 is 1.56 bits per heavy atom. The first-order valence-corrected chi connectivity index (χ1v) is 7.20. The van der Waals surface area contributed by atoms with Crippen molar-refractivity contribution in [2.75, 3.05) is 19.7 Å². The Kier molecular flexibility index (Phi) is 6.57. The number of amides is 1. The van der Waals surface area contributed by atoms with E-state index in [1.54, 1.807) is 0 Å². The monoisotopic (exact) mass is 272 g/mol. The predicted octanol–water partition coefficient (Wildman–Crippen LogP) is 1.72. The van der Waals surface area contributed by atoms with Crippen LogP contribution in [0.5, 0.6) is 0 Å². The molecule has 2 unspecified atom stereocenters. The van der Waals surface area contributed by atoms with Crippen molar-refractivity contribution in [1.29, 1.82) is 0 Å². The minimum atomic E-state index is -0.276. The average molecular weight is 272 g/mol. The Morgan fingerprint density at radius 2 is 2.28 bits per heavy atom. The lowest BCUT2D eigenvalue weighted by molar-refractivity contribution is -0.141. The minimum Gasteiger partial charge on any atom is -0.391 e. The highest BCUT2D eigenvalue weighted by Gasteiger charge is 2.29. The first-order chi connectivity index (χ1) is 8.60. The summed E-state index contributed by atoms with van der Waals surface area (Å²) >= 11 is 4.93. The van der Waals surface area contributed by atoms with Gasteiger partial charge >= 0.3 is 0 Å². The van der Waals surface area contributed by atoms with Crippen LogP contribution in [0.25, 0.3) is 0 Å². The van der Waals surface area contributed by atoms with E-state index in [4.69, 9.17) is 22.7 Å². The zero-order chi connectivity index (χ0) is 13.5. The van der Waals surface area contributed by atoms with Gasteiger partial charge in [-0.1, -0.05) is 38.9 Å². The maximum atomic E-state index is 12.4. The summed E-state index contributed by atoms with van der Waals surface area (Å²) in [5, 5.41) is 0. The molecule has 0 aliphatic carbocycles. The van der Waals surface area contributed by atoms with Crippen LogP contribution in [0.1, 0.15) is 39.5 Å². The number of rotatable bonds is 6. The van der Waals surface area contributed by atoms with Crippen molar-refractivity contribution in [1.82, 2.24) is 4.90 Å². The molecule has 1 rings (SSSR count). The van der Waals surface area contributed by atoms with E-state index in [-0.39, 0.29) is 17.9 Å². The molecule has 0 aromatic heterocycles. The Balaban J connectivity index is 2.55. The smallest absolute Gasteiger partial charge is 0.225 e. The second-order valence-electron chi connectivity index (χ2n) is 4.79. The lowest BCUT2D eigenvalue weighted by atomic mass is 9.97. The van der Waals surface area contributed by atoms with Gasteiger partial charge in [-0.3, -0.25) is 4.79 Å². The number of carbonyl (C=O) groups excluding carboxylic acids is 1. The predicted molar refractivity (Wildman–Crippen MR) is 76.4 cm³/mol. The highest BCUT2D eigenvalue weighted by atomic mass is 32.1. The summed E-state index contributed by atoms with van der Waals surface area (Å²) in [5.74, 6) is 0.366. The van der Waals surface area contributed by atoms with Crippen LogP contribution in [0.2, 0.25) is 0 Å². The summed E-state index contributed by atoms with van der Waals surface area (Å²) in [7, 11) is 0. The molecule has 4 nitrogen and oxygen atoms in total. The summed E-state index contributed by atoms with van der Waals surface area (Å²) in [5.41, 5.74) is 5.59. The Morgan fingerprint density at radius 3 is 2.83 bits per heavy atom.